The zero-order valence-electron chi connectivity index (χ0n) is 11.6. The van der Waals surface area contributed by atoms with Gasteiger partial charge in [-0.3, -0.25) is 9.48 Å². The van der Waals surface area contributed by atoms with Crippen molar-refractivity contribution in [1.29, 1.82) is 0 Å². The Balaban J connectivity index is 2.24. The van der Waals surface area contributed by atoms with Gasteiger partial charge in [-0.15, -0.1) is 0 Å². The van der Waals surface area contributed by atoms with Gasteiger partial charge >= 0.3 is 0 Å². The van der Waals surface area contributed by atoms with Crippen molar-refractivity contribution in [2.75, 3.05) is 13.1 Å². The number of carbonyl (C=O) groups is 1. The summed E-state index contributed by atoms with van der Waals surface area (Å²) in [5.74, 6) is -0.281. The average Bonchev–Trinajstić information content (AvgIpc) is 2.94. The average molecular weight is 287 g/mol. The molecule has 0 saturated carbocycles. The molecule has 5 nitrogen and oxygen atoms in total. The van der Waals surface area contributed by atoms with Gasteiger partial charge in [0, 0.05) is 25.8 Å². The quantitative estimate of drug-likeness (QED) is 0.916. The van der Waals surface area contributed by atoms with E-state index in [2.05, 4.69) is 5.10 Å². The number of β-amino-alcohol motifs (C(OH)–C–C–N with tert-alkyl or cyclic N) is 1. The largest absolute Gasteiger partial charge is 0.391 e. The number of alkyl halides is 2. The number of carbonyl (C=O) groups excluding carboxylic acids is 1. The molecule has 0 spiro atoms. The van der Waals surface area contributed by atoms with Crippen LogP contribution in [0.1, 0.15) is 42.7 Å². The summed E-state index contributed by atoms with van der Waals surface area (Å²) < 4.78 is 27.5. The monoisotopic (exact) mass is 287 g/mol. The molecule has 0 aromatic carbocycles. The van der Waals surface area contributed by atoms with Crippen LogP contribution in [-0.2, 0) is 6.54 Å². The molecule has 1 amide bonds. The van der Waals surface area contributed by atoms with Crippen LogP contribution in [0.2, 0.25) is 0 Å². The Bertz CT molecular complexity index is 488. The van der Waals surface area contributed by atoms with Gasteiger partial charge in [-0.2, -0.15) is 5.10 Å². The summed E-state index contributed by atoms with van der Waals surface area (Å²) in [5, 5.41) is 13.4. The molecule has 1 aliphatic heterocycles. The lowest BCUT2D eigenvalue weighted by Gasteiger charge is -2.14. The first kappa shape index (κ1) is 14.9. The normalized spacial score (nSPS) is 19.4. The highest BCUT2D eigenvalue weighted by molar-refractivity contribution is 5.94. The Morgan fingerprint density at radius 3 is 2.75 bits per heavy atom. The van der Waals surface area contributed by atoms with E-state index in [9.17, 15) is 18.7 Å². The van der Waals surface area contributed by atoms with Gasteiger partial charge in [0.15, 0.2) is 5.69 Å². The van der Waals surface area contributed by atoms with E-state index in [0.29, 0.717) is 19.5 Å². The zero-order valence-corrected chi connectivity index (χ0v) is 11.6. The highest BCUT2D eigenvalue weighted by Gasteiger charge is 2.31. The molecule has 0 radical (unpaired) electrons. The van der Waals surface area contributed by atoms with Crippen molar-refractivity contribution in [2.45, 2.75) is 39.3 Å². The maximum Gasteiger partial charge on any atom is 0.274 e. The van der Waals surface area contributed by atoms with E-state index in [1.54, 1.807) is 0 Å². The predicted molar refractivity (Wildman–Crippen MR) is 68.5 cm³/mol. The molecular weight excluding hydrogens is 268 g/mol. The van der Waals surface area contributed by atoms with Crippen molar-refractivity contribution in [3.8, 4) is 0 Å². The van der Waals surface area contributed by atoms with Crippen molar-refractivity contribution in [3.05, 3.63) is 17.5 Å². The van der Waals surface area contributed by atoms with E-state index in [1.165, 1.54) is 15.8 Å². The maximum atomic E-state index is 13.0. The maximum absolute atomic E-state index is 13.0. The van der Waals surface area contributed by atoms with Gasteiger partial charge in [-0.1, -0.05) is 13.8 Å². The molecule has 0 bridgehead atoms. The number of halogens is 2. The van der Waals surface area contributed by atoms with E-state index >= 15 is 0 Å². The number of likely N-dealkylation sites (tertiary alicyclic amines) is 1. The summed E-state index contributed by atoms with van der Waals surface area (Å²) in [6.45, 7) is 4.93. The fourth-order valence-electron chi connectivity index (χ4n) is 2.31. The van der Waals surface area contributed by atoms with E-state index in [1.807, 2.05) is 13.8 Å². The third-order valence-electron chi connectivity index (χ3n) is 3.23. The van der Waals surface area contributed by atoms with Crippen LogP contribution in [0.15, 0.2) is 6.20 Å². The molecule has 1 aromatic rings. The number of aromatic nitrogens is 2. The van der Waals surface area contributed by atoms with Crippen LogP contribution in [0.3, 0.4) is 0 Å². The van der Waals surface area contributed by atoms with Crippen molar-refractivity contribution < 1.29 is 18.7 Å². The number of hydrogen-bond donors (Lipinski definition) is 1. The standard InChI is InChI=1S/C13H19F2N3O2/c1-8(2)5-18-7-10(12(14)15)11(16-18)13(20)17-4-3-9(19)6-17/h7-9,12,19H,3-6H2,1-2H3/t9-/m1/s1. The first-order chi connectivity index (χ1) is 9.38. The molecular formula is C13H19F2N3O2. The summed E-state index contributed by atoms with van der Waals surface area (Å²) in [6.07, 6.45) is -1.60. The summed E-state index contributed by atoms with van der Waals surface area (Å²) in [4.78, 5) is 13.6. The van der Waals surface area contributed by atoms with Gasteiger partial charge < -0.3 is 10.0 Å². The van der Waals surface area contributed by atoms with E-state index in [0.717, 1.165) is 0 Å². The van der Waals surface area contributed by atoms with Crippen molar-refractivity contribution >= 4 is 5.91 Å². The van der Waals surface area contributed by atoms with Gasteiger partial charge in [0.05, 0.1) is 11.7 Å². The molecule has 1 N–H and O–H groups in total. The number of rotatable bonds is 4. The lowest BCUT2D eigenvalue weighted by Crippen LogP contribution is -2.30. The molecule has 1 aliphatic rings. The summed E-state index contributed by atoms with van der Waals surface area (Å²) in [7, 11) is 0. The zero-order chi connectivity index (χ0) is 14.9. The highest BCUT2D eigenvalue weighted by Crippen LogP contribution is 2.24. The minimum atomic E-state index is -2.73. The van der Waals surface area contributed by atoms with Crippen molar-refractivity contribution in [2.24, 2.45) is 5.92 Å². The highest BCUT2D eigenvalue weighted by atomic mass is 19.3. The molecule has 1 atom stereocenters. The smallest absolute Gasteiger partial charge is 0.274 e. The summed E-state index contributed by atoms with van der Waals surface area (Å²) in [6, 6.07) is 0. The Hall–Kier alpha value is -1.50. The molecule has 0 aliphatic carbocycles. The van der Waals surface area contributed by atoms with Gasteiger partial charge in [-0.25, -0.2) is 8.78 Å². The van der Waals surface area contributed by atoms with Crippen LogP contribution in [0.5, 0.6) is 0 Å². The van der Waals surface area contributed by atoms with Crippen LogP contribution < -0.4 is 0 Å². The van der Waals surface area contributed by atoms with Gasteiger partial charge in [0.25, 0.3) is 12.3 Å². The Morgan fingerprint density at radius 1 is 1.55 bits per heavy atom. The fraction of sp³-hybridized carbons (Fsp3) is 0.692. The van der Waals surface area contributed by atoms with E-state index in [4.69, 9.17) is 0 Å². The van der Waals surface area contributed by atoms with Crippen LogP contribution in [0.25, 0.3) is 0 Å². The second kappa shape index (κ2) is 5.87. The Morgan fingerprint density at radius 2 is 2.25 bits per heavy atom. The lowest BCUT2D eigenvalue weighted by atomic mass is 10.2. The van der Waals surface area contributed by atoms with Crippen LogP contribution in [0.4, 0.5) is 8.78 Å². The molecule has 1 fully saturated rings. The SMILES string of the molecule is CC(C)Cn1cc(C(F)F)c(C(=O)N2CC[C@@H](O)C2)n1. The number of aliphatic hydroxyl groups is 1. The molecule has 1 aromatic heterocycles. The van der Waals surface area contributed by atoms with E-state index in [-0.39, 0.29) is 23.7 Å². The minimum absolute atomic E-state index is 0.179. The van der Waals surface area contributed by atoms with E-state index < -0.39 is 18.4 Å². The molecule has 112 valence electrons. The number of aliphatic hydroxyl groups excluding tert-OH is 1. The molecule has 2 rings (SSSR count). The Labute approximate surface area is 116 Å². The topological polar surface area (TPSA) is 58.4 Å². The molecule has 1 saturated heterocycles. The molecule has 20 heavy (non-hydrogen) atoms. The predicted octanol–water partition coefficient (Wildman–Crippen LogP) is 1.68. The third kappa shape index (κ3) is 3.15. The lowest BCUT2D eigenvalue weighted by molar-refractivity contribution is 0.0747. The molecule has 2 heterocycles. The van der Waals surface area contributed by atoms with Crippen LogP contribution >= 0.6 is 0 Å². The second-order valence-electron chi connectivity index (χ2n) is 5.54. The van der Waals surface area contributed by atoms with Crippen molar-refractivity contribution in [3.63, 3.8) is 0 Å². The fourth-order valence-corrected chi connectivity index (χ4v) is 2.31. The molecule has 0 unspecified atom stereocenters. The van der Waals surface area contributed by atoms with Gasteiger partial charge in [0.1, 0.15) is 0 Å². The minimum Gasteiger partial charge on any atom is -0.391 e. The van der Waals surface area contributed by atoms with Gasteiger partial charge in [-0.05, 0) is 12.3 Å². The van der Waals surface area contributed by atoms with Crippen LogP contribution in [-0.4, -0.2) is 44.9 Å². The summed E-state index contributed by atoms with van der Waals surface area (Å²) in [5.41, 5.74) is -0.535. The Kier molecular flexibility index (Phi) is 4.37. The third-order valence-corrected chi connectivity index (χ3v) is 3.23. The number of amides is 1. The second-order valence-corrected chi connectivity index (χ2v) is 5.54. The first-order valence-electron chi connectivity index (χ1n) is 6.71. The number of nitrogens with zero attached hydrogens (tertiary/aromatic N) is 3. The van der Waals surface area contributed by atoms with Crippen molar-refractivity contribution in [1.82, 2.24) is 14.7 Å². The van der Waals surface area contributed by atoms with Crippen LogP contribution in [0, 0.1) is 5.92 Å². The summed E-state index contributed by atoms with van der Waals surface area (Å²) >= 11 is 0. The molecule has 7 heteroatoms. The number of hydrogen-bond acceptors (Lipinski definition) is 3. The van der Waals surface area contributed by atoms with Gasteiger partial charge in [0.2, 0.25) is 0 Å². The first-order valence-corrected chi connectivity index (χ1v) is 6.71.